The summed E-state index contributed by atoms with van der Waals surface area (Å²) in [7, 11) is 0. The molecule has 0 aliphatic rings. The van der Waals surface area contributed by atoms with Gasteiger partial charge in [0.25, 0.3) is 5.91 Å². The van der Waals surface area contributed by atoms with Gasteiger partial charge in [0.1, 0.15) is 5.82 Å². The van der Waals surface area contributed by atoms with Crippen LogP contribution in [0.15, 0.2) is 48.5 Å². The van der Waals surface area contributed by atoms with Gasteiger partial charge in [0.05, 0.1) is 5.69 Å². The molecule has 120 valence electrons. The normalized spacial score (nSPS) is 11.1. The average molecular weight is 322 g/mol. The lowest BCUT2D eigenvalue weighted by Gasteiger charge is -2.16. The van der Waals surface area contributed by atoms with Crippen LogP contribution in [0.4, 0.5) is 18.9 Å². The van der Waals surface area contributed by atoms with E-state index in [0.717, 1.165) is 18.2 Å². The summed E-state index contributed by atoms with van der Waals surface area (Å²) in [5.74, 6) is -7.23. The predicted octanol–water partition coefficient (Wildman–Crippen LogP) is 2.74. The Balaban J connectivity index is 2.13. The van der Waals surface area contributed by atoms with Gasteiger partial charge in [-0.2, -0.15) is 8.78 Å². The molecule has 23 heavy (non-hydrogen) atoms. The summed E-state index contributed by atoms with van der Waals surface area (Å²) in [5, 5.41) is 1.82. The van der Waals surface area contributed by atoms with Crippen LogP contribution in [0.25, 0.3) is 0 Å². The van der Waals surface area contributed by atoms with Crippen LogP contribution in [0.5, 0.6) is 0 Å². The van der Waals surface area contributed by atoms with E-state index in [1.165, 1.54) is 12.1 Å². The summed E-state index contributed by atoms with van der Waals surface area (Å²) in [6.45, 7) is 0. The van der Waals surface area contributed by atoms with E-state index in [2.05, 4.69) is 0 Å². The number of anilines is 1. The highest BCUT2D eigenvalue weighted by molar-refractivity contribution is 5.97. The van der Waals surface area contributed by atoms with E-state index in [9.17, 15) is 22.8 Å². The van der Waals surface area contributed by atoms with Gasteiger partial charge in [0.2, 0.25) is 5.91 Å². The van der Waals surface area contributed by atoms with Gasteiger partial charge in [0.15, 0.2) is 0 Å². The highest BCUT2D eigenvalue weighted by atomic mass is 19.3. The van der Waals surface area contributed by atoms with E-state index < -0.39 is 35.7 Å². The molecule has 0 saturated carbocycles. The fourth-order valence-corrected chi connectivity index (χ4v) is 1.92. The van der Waals surface area contributed by atoms with E-state index in [0.29, 0.717) is 0 Å². The second-order valence-corrected chi connectivity index (χ2v) is 4.88. The molecule has 7 heteroatoms. The summed E-state index contributed by atoms with van der Waals surface area (Å²) >= 11 is 0. The van der Waals surface area contributed by atoms with Crippen LogP contribution in [0.3, 0.4) is 0 Å². The lowest BCUT2D eigenvalue weighted by atomic mass is 10.1. The molecule has 0 spiro atoms. The molecule has 0 unspecified atom stereocenters. The first-order chi connectivity index (χ1) is 10.8. The van der Waals surface area contributed by atoms with Crippen LogP contribution in [-0.2, 0) is 11.2 Å². The standard InChI is InChI=1S/C16H13F3N2O2/c17-12-8-11(14(20)22)6-7-13(12)21-15(23)16(18,19)9-10-4-2-1-3-5-10/h1-8H,9H2,(H2,20,22)(H,21,23). The lowest BCUT2D eigenvalue weighted by molar-refractivity contribution is -0.139. The molecule has 0 aromatic heterocycles. The van der Waals surface area contributed by atoms with Crippen LogP contribution in [0, 0.1) is 5.82 Å². The van der Waals surface area contributed by atoms with Crippen LogP contribution in [-0.4, -0.2) is 17.7 Å². The van der Waals surface area contributed by atoms with Crippen LogP contribution >= 0.6 is 0 Å². The van der Waals surface area contributed by atoms with Crippen molar-refractivity contribution in [2.75, 3.05) is 5.32 Å². The van der Waals surface area contributed by atoms with Gasteiger partial charge in [-0.15, -0.1) is 0 Å². The number of carbonyl (C=O) groups excluding carboxylic acids is 2. The molecule has 3 N–H and O–H groups in total. The molecule has 2 aromatic rings. The topological polar surface area (TPSA) is 72.2 Å². The zero-order valence-corrected chi connectivity index (χ0v) is 11.9. The molecular weight excluding hydrogens is 309 g/mol. The number of hydrogen-bond donors (Lipinski definition) is 2. The first-order valence-corrected chi connectivity index (χ1v) is 6.62. The number of primary amides is 1. The van der Waals surface area contributed by atoms with Gasteiger partial charge < -0.3 is 11.1 Å². The fourth-order valence-electron chi connectivity index (χ4n) is 1.92. The predicted molar refractivity (Wildman–Crippen MR) is 78.6 cm³/mol. The monoisotopic (exact) mass is 322 g/mol. The molecule has 0 aliphatic carbocycles. The van der Waals surface area contributed by atoms with Crippen molar-refractivity contribution in [2.45, 2.75) is 12.3 Å². The maximum atomic E-state index is 13.9. The van der Waals surface area contributed by atoms with Gasteiger partial charge in [-0.1, -0.05) is 30.3 Å². The Hall–Kier alpha value is -2.83. The third kappa shape index (κ3) is 4.09. The first-order valence-electron chi connectivity index (χ1n) is 6.62. The first kappa shape index (κ1) is 16.5. The van der Waals surface area contributed by atoms with Crippen molar-refractivity contribution in [3.05, 3.63) is 65.5 Å². The molecule has 4 nitrogen and oxygen atoms in total. The summed E-state index contributed by atoms with van der Waals surface area (Å²) in [6, 6.07) is 10.6. The summed E-state index contributed by atoms with van der Waals surface area (Å²) in [4.78, 5) is 22.6. The smallest absolute Gasteiger partial charge is 0.328 e. The second kappa shape index (κ2) is 6.51. The highest BCUT2D eigenvalue weighted by Gasteiger charge is 2.39. The SMILES string of the molecule is NC(=O)c1ccc(NC(=O)C(F)(F)Cc2ccccc2)c(F)c1. The third-order valence-electron chi connectivity index (χ3n) is 3.10. The Morgan fingerprint density at radius 2 is 1.74 bits per heavy atom. The van der Waals surface area contributed by atoms with Crippen molar-refractivity contribution in [2.24, 2.45) is 5.73 Å². The number of benzene rings is 2. The lowest BCUT2D eigenvalue weighted by Crippen LogP contribution is -2.36. The quantitative estimate of drug-likeness (QED) is 0.888. The average Bonchev–Trinajstić information content (AvgIpc) is 2.49. The van der Waals surface area contributed by atoms with Crippen molar-refractivity contribution in [3.8, 4) is 0 Å². The van der Waals surface area contributed by atoms with E-state index in [1.54, 1.807) is 18.2 Å². The minimum atomic E-state index is -3.71. The number of nitrogens with two attached hydrogens (primary N) is 1. The Morgan fingerprint density at radius 1 is 1.09 bits per heavy atom. The van der Waals surface area contributed by atoms with E-state index >= 15 is 0 Å². The number of alkyl halides is 2. The Kier molecular flexibility index (Phi) is 4.68. The highest BCUT2D eigenvalue weighted by Crippen LogP contribution is 2.24. The van der Waals surface area contributed by atoms with Crippen molar-refractivity contribution in [1.29, 1.82) is 0 Å². The third-order valence-corrected chi connectivity index (χ3v) is 3.10. The molecule has 2 aromatic carbocycles. The Bertz CT molecular complexity index is 733. The molecule has 2 rings (SSSR count). The zero-order chi connectivity index (χ0) is 17.0. The Morgan fingerprint density at radius 3 is 2.30 bits per heavy atom. The van der Waals surface area contributed by atoms with Crippen molar-refractivity contribution < 1.29 is 22.8 Å². The Labute approximate surface area is 130 Å². The van der Waals surface area contributed by atoms with Gasteiger partial charge in [0, 0.05) is 12.0 Å². The minimum absolute atomic E-state index is 0.128. The van der Waals surface area contributed by atoms with Crippen LogP contribution in [0.1, 0.15) is 15.9 Å². The summed E-state index contributed by atoms with van der Waals surface area (Å²) in [5.41, 5.74) is 4.67. The zero-order valence-electron chi connectivity index (χ0n) is 11.9. The number of halogens is 3. The largest absolute Gasteiger partial charge is 0.366 e. The number of nitrogens with one attached hydrogen (secondary N) is 1. The summed E-state index contributed by atoms with van der Waals surface area (Å²) < 4.78 is 41.6. The molecular formula is C16H13F3N2O2. The van der Waals surface area contributed by atoms with E-state index in [4.69, 9.17) is 5.73 Å². The van der Waals surface area contributed by atoms with Gasteiger partial charge in [-0.05, 0) is 23.8 Å². The second-order valence-electron chi connectivity index (χ2n) is 4.88. The van der Waals surface area contributed by atoms with Crippen molar-refractivity contribution >= 4 is 17.5 Å². The van der Waals surface area contributed by atoms with E-state index in [-0.39, 0.29) is 11.1 Å². The maximum absolute atomic E-state index is 13.9. The number of carbonyl (C=O) groups is 2. The van der Waals surface area contributed by atoms with Crippen LogP contribution < -0.4 is 11.1 Å². The van der Waals surface area contributed by atoms with E-state index in [1.807, 2.05) is 5.32 Å². The van der Waals surface area contributed by atoms with Gasteiger partial charge in [-0.3, -0.25) is 9.59 Å². The minimum Gasteiger partial charge on any atom is -0.366 e. The summed E-state index contributed by atoms with van der Waals surface area (Å²) in [6.07, 6.45) is -0.805. The number of hydrogen-bond acceptors (Lipinski definition) is 2. The van der Waals surface area contributed by atoms with Crippen LogP contribution in [0.2, 0.25) is 0 Å². The number of rotatable bonds is 5. The molecule has 0 radical (unpaired) electrons. The van der Waals surface area contributed by atoms with Gasteiger partial charge in [-0.25, -0.2) is 4.39 Å². The number of amides is 2. The molecule has 0 fully saturated rings. The van der Waals surface area contributed by atoms with Gasteiger partial charge >= 0.3 is 5.92 Å². The molecule has 0 heterocycles. The fraction of sp³-hybridized carbons (Fsp3) is 0.125. The molecule has 0 bridgehead atoms. The maximum Gasteiger partial charge on any atom is 0.328 e. The molecule has 0 atom stereocenters. The molecule has 2 amide bonds. The van der Waals surface area contributed by atoms with Crippen molar-refractivity contribution in [3.63, 3.8) is 0 Å². The molecule has 0 saturated heterocycles. The van der Waals surface area contributed by atoms with Crippen molar-refractivity contribution in [1.82, 2.24) is 0 Å². The molecule has 0 aliphatic heterocycles.